The maximum atomic E-state index is 13.1. The van der Waals surface area contributed by atoms with E-state index >= 15 is 0 Å². The SMILES string of the molecule is CC(Nc1c(Cl)cccc1C(F)(F)F)c1cncc(F)c1. The molecule has 0 spiro atoms. The summed E-state index contributed by atoms with van der Waals surface area (Å²) in [6, 6.07) is 4.13. The Morgan fingerprint density at radius 3 is 2.57 bits per heavy atom. The van der Waals surface area contributed by atoms with Crippen molar-refractivity contribution in [3.05, 3.63) is 58.6 Å². The highest BCUT2D eigenvalue weighted by Gasteiger charge is 2.34. The summed E-state index contributed by atoms with van der Waals surface area (Å²) in [5.74, 6) is -0.559. The Hall–Kier alpha value is -1.82. The number of aromatic nitrogens is 1. The highest BCUT2D eigenvalue weighted by atomic mass is 35.5. The Balaban J connectivity index is 2.35. The van der Waals surface area contributed by atoms with Crippen LogP contribution in [0.4, 0.5) is 23.2 Å². The van der Waals surface area contributed by atoms with Gasteiger partial charge in [-0.25, -0.2) is 4.39 Å². The van der Waals surface area contributed by atoms with Gasteiger partial charge in [-0.15, -0.1) is 0 Å². The molecule has 1 N–H and O–H groups in total. The minimum atomic E-state index is -4.53. The van der Waals surface area contributed by atoms with Gasteiger partial charge in [-0.3, -0.25) is 4.98 Å². The van der Waals surface area contributed by atoms with Crippen molar-refractivity contribution in [3.8, 4) is 0 Å². The van der Waals surface area contributed by atoms with E-state index in [1.165, 1.54) is 24.4 Å². The van der Waals surface area contributed by atoms with Crippen LogP contribution in [0.3, 0.4) is 0 Å². The number of nitrogens with zero attached hydrogens (tertiary/aromatic N) is 1. The molecule has 0 radical (unpaired) electrons. The molecular formula is C14H11ClF4N2. The molecule has 21 heavy (non-hydrogen) atoms. The van der Waals surface area contributed by atoms with Crippen molar-refractivity contribution in [1.82, 2.24) is 4.98 Å². The molecule has 0 amide bonds. The lowest BCUT2D eigenvalue weighted by atomic mass is 10.1. The van der Waals surface area contributed by atoms with E-state index in [9.17, 15) is 17.6 Å². The molecule has 0 saturated heterocycles. The number of para-hydroxylation sites is 1. The van der Waals surface area contributed by atoms with Crippen LogP contribution in [0.25, 0.3) is 0 Å². The second kappa shape index (κ2) is 5.89. The third-order valence-corrected chi connectivity index (χ3v) is 3.22. The van der Waals surface area contributed by atoms with Crippen LogP contribution in [0.2, 0.25) is 5.02 Å². The highest BCUT2D eigenvalue weighted by molar-refractivity contribution is 6.33. The predicted octanol–water partition coefficient (Wildman–Crippen LogP) is 5.07. The molecule has 0 aliphatic carbocycles. The Bertz CT molecular complexity index is 643. The van der Waals surface area contributed by atoms with Gasteiger partial charge in [0.1, 0.15) is 5.82 Å². The molecular weight excluding hydrogens is 308 g/mol. The number of alkyl halides is 3. The van der Waals surface area contributed by atoms with Crippen LogP contribution in [0.5, 0.6) is 0 Å². The van der Waals surface area contributed by atoms with Gasteiger partial charge in [0.15, 0.2) is 0 Å². The fourth-order valence-corrected chi connectivity index (χ4v) is 2.10. The lowest BCUT2D eigenvalue weighted by Gasteiger charge is -2.20. The Morgan fingerprint density at radius 1 is 1.24 bits per heavy atom. The molecule has 112 valence electrons. The molecule has 0 bridgehead atoms. The van der Waals surface area contributed by atoms with Crippen molar-refractivity contribution in [2.45, 2.75) is 19.1 Å². The maximum Gasteiger partial charge on any atom is 0.418 e. The zero-order valence-corrected chi connectivity index (χ0v) is 11.6. The second-order valence-corrected chi connectivity index (χ2v) is 4.87. The van der Waals surface area contributed by atoms with Crippen LogP contribution in [0, 0.1) is 5.82 Å². The summed E-state index contributed by atoms with van der Waals surface area (Å²) >= 11 is 5.85. The van der Waals surface area contributed by atoms with Crippen LogP contribution in [-0.2, 0) is 6.18 Å². The number of halogens is 5. The topological polar surface area (TPSA) is 24.9 Å². The number of nitrogens with one attached hydrogen (secondary N) is 1. The molecule has 7 heteroatoms. The maximum absolute atomic E-state index is 13.1. The summed E-state index contributed by atoms with van der Waals surface area (Å²) < 4.78 is 52.0. The van der Waals surface area contributed by atoms with Gasteiger partial charge >= 0.3 is 6.18 Å². The average Bonchev–Trinajstić information content (AvgIpc) is 2.39. The van der Waals surface area contributed by atoms with Gasteiger partial charge < -0.3 is 5.32 Å². The Morgan fingerprint density at radius 2 is 1.95 bits per heavy atom. The van der Waals surface area contributed by atoms with Gasteiger partial charge in [-0.2, -0.15) is 13.2 Å². The van der Waals surface area contributed by atoms with Gasteiger partial charge in [0, 0.05) is 6.20 Å². The van der Waals surface area contributed by atoms with E-state index < -0.39 is 23.6 Å². The molecule has 2 aromatic rings. The van der Waals surface area contributed by atoms with Crippen LogP contribution < -0.4 is 5.32 Å². The van der Waals surface area contributed by atoms with Crippen molar-refractivity contribution in [1.29, 1.82) is 0 Å². The minimum absolute atomic E-state index is 0.0546. The second-order valence-electron chi connectivity index (χ2n) is 4.46. The zero-order valence-electron chi connectivity index (χ0n) is 10.9. The van der Waals surface area contributed by atoms with Gasteiger partial charge in [0.05, 0.1) is 28.5 Å². The molecule has 1 aromatic heterocycles. The van der Waals surface area contributed by atoms with E-state index in [4.69, 9.17) is 11.6 Å². The number of hydrogen-bond donors (Lipinski definition) is 1. The number of rotatable bonds is 3. The molecule has 2 nitrogen and oxygen atoms in total. The summed E-state index contributed by atoms with van der Waals surface area (Å²) in [5.41, 5.74) is -0.683. The van der Waals surface area contributed by atoms with Crippen molar-refractivity contribution in [2.75, 3.05) is 5.32 Å². The summed E-state index contributed by atoms with van der Waals surface area (Å²) in [6.45, 7) is 1.60. The first kappa shape index (κ1) is 15.6. The van der Waals surface area contributed by atoms with Crippen molar-refractivity contribution in [2.24, 2.45) is 0 Å². The molecule has 1 aromatic carbocycles. The summed E-state index contributed by atoms with van der Waals surface area (Å²) in [6.07, 6.45) is -2.13. The Kier molecular flexibility index (Phi) is 4.37. The number of pyridine rings is 1. The molecule has 1 unspecified atom stereocenters. The summed E-state index contributed by atoms with van der Waals surface area (Å²) in [7, 11) is 0. The fourth-order valence-electron chi connectivity index (χ4n) is 1.87. The molecule has 1 heterocycles. The lowest BCUT2D eigenvalue weighted by molar-refractivity contribution is -0.137. The summed E-state index contributed by atoms with van der Waals surface area (Å²) in [5, 5.41) is 2.62. The van der Waals surface area contributed by atoms with Crippen LogP contribution >= 0.6 is 11.6 Å². The van der Waals surface area contributed by atoms with E-state index in [0.717, 1.165) is 12.3 Å². The highest BCUT2D eigenvalue weighted by Crippen LogP contribution is 2.39. The molecule has 0 aliphatic heterocycles. The van der Waals surface area contributed by atoms with E-state index in [0.29, 0.717) is 5.56 Å². The lowest BCUT2D eigenvalue weighted by Crippen LogP contribution is -2.14. The smallest absolute Gasteiger partial charge is 0.377 e. The van der Waals surface area contributed by atoms with Crippen molar-refractivity contribution in [3.63, 3.8) is 0 Å². The molecule has 2 rings (SSSR count). The quantitative estimate of drug-likeness (QED) is 0.800. The largest absolute Gasteiger partial charge is 0.418 e. The standard InChI is InChI=1S/C14H11ClF4N2/c1-8(9-5-10(16)7-20-6-9)21-13-11(14(17,18)19)3-2-4-12(13)15/h2-8,21H,1H3. The third kappa shape index (κ3) is 3.64. The van der Waals surface area contributed by atoms with E-state index in [1.807, 2.05) is 0 Å². The van der Waals surface area contributed by atoms with Gasteiger partial charge in [-0.05, 0) is 30.7 Å². The van der Waals surface area contributed by atoms with Crippen LogP contribution in [0.1, 0.15) is 24.1 Å². The van der Waals surface area contributed by atoms with Crippen LogP contribution in [-0.4, -0.2) is 4.98 Å². The minimum Gasteiger partial charge on any atom is -0.377 e. The zero-order chi connectivity index (χ0) is 15.6. The number of anilines is 1. The third-order valence-electron chi connectivity index (χ3n) is 2.91. The monoisotopic (exact) mass is 318 g/mol. The number of hydrogen-bond acceptors (Lipinski definition) is 2. The average molecular weight is 319 g/mol. The normalized spacial score (nSPS) is 13.0. The van der Waals surface area contributed by atoms with Crippen molar-refractivity contribution >= 4 is 17.3 Å². The van der Waals surface area contributed by atoms with E-state index in [-0.39, 0.29) is 10.7 Å². The van der Waals surface area contributed by atoms with Crippen LogP contribution in [0.15, 0.2) is 36.7 Å². The first-order valence-corrected chi connectivity index (χ1v) is 6.39. The predicted molar refractivity (Wildman–Crippen MR) is 72.7 cm³/mol. The number of benzene rings is 1. The van der Waals surface area contributed by atoms with Gasteiger partial charge in [0.2, 0.25) is 0 Å². The summed E-state index contributed by atoms with van der Waals surface area (Å²) in [4.78, 5) is 3.67. The first-order valence-electron chi connectivity index (χ1n) is 6.01. The molecule has 0 fully saturated rings. The Labute approximate surface area is 123 Å². The molecule has 0 saturated carbocycles. The molecule has 0 aliphatic rings. The fraction of sp³-hybridized carbons (Fsp3) is 0.214. The van der Waals surface area contributed by atoms with E-state index in [2.05, 4.69) is 10.3 Å². The first-order chi connectivity index (χ1) is 9.79. The molecule has 1 atom stereocenters. The van der Waals surface area contributed by atoms with E-state index in [1.54, 1.807) is 6.92 Å². The van der Waals surface area contributed by atoms with Crippen molar-refractivity contribution < 1.29 is 17.6 Å². The van der Waals surface area contributed by atoms with Gasteiger partial charge in [0.25, 0.3) is 0 Å². The van der Waals surface area contributed by atoms with Gasteiger partial charge in [-0.1, -0.05) is 17.7 Å².